The molecule has 31 heavy (non-hydrogen) atoms. The van der Waals surface area contributed by atoms with Gasteiger partial charge in [-0.2, -0.15) is 0 Å². The van der Waals surface area contributed by atoms with Gasteiger partial charge >= 0.3 is 7.12 Å². The Morgan fingerprint density at radius 1 is 0.645 bits per heavy atom. The number of rotatable bonds is 1. The van der Waals surface area contributed by atoms with Crippen LogP contribution in [0.5, 0.6) is 0 Å². The molecule has 0 saturated carbocycles. The summed E-state index contributed by atoms with van der Waals surface area (Å²) in [5.74, 6) is 0. The summed E-state index contributed by atoms with van der Waals surface area (Å²) in [6, 6.07) is 19.4. The first-order chi connectivity index (χ1) is 14.6. The summed E-state index contributed by atoms with van der Waals surface area (Å²) in [6.45, 7) is 12.9. The molecular weight excluding hydrogens is 383 g/mol. The molecule has 3 nitrogen and oxygen atoms in total. The van der Waals surface area contributed by atoms with Crippen LogP contribution in [0.3, 0.4) is 0 Å². The van der Waals surface area contributed by atoms with Crippen molar-refractivity contribution in [3.8, 4) is 11.1 Å². The summed E-state index contributed by atoms with van der Waals surface area (Å²) in [6.07, 6.45) is 0. The number of para-hydroxylation sites is 1. The Balaban J connectivity index is 1.61. The molecule has 4 aromatic rings. The van der Waals surface area contributed by atoms with E-state index >= 15 is 0 Å². The molecule has 2 aliphatic rings. The summed E-state index contributed by atoms with van der Waals surface area (Å²) in [7, 11) is -0.451. The second-order valence-electron chi connectivity index (χ2n) is 10.4. The van der Waals surface area contributed by atoms with Crippen LogP contribution in [0.1, 0.15) is 52.7 Å². The largest absolute Gasteiger partial charge is 0.498 e. The first-order valence-corrected chi connectivity index (χ1v) is 11.1. The predicted octanol–water partition coefficient (Wildman–Crippen LogP) is 6.19. The smallest absolute Gasteiger partial charge is 0.456 e. The molecule has 4 heteroatoms. The molecule has 0 atom stereocenters. The zero-order valence-corrected chi connectivity index (χ0v) is 19.0. The highest BCUT2D eigenvalue weighted by molar-refractivity contribution is 6.65. The van der Waals surface area contributed by atoms with Crippen molar-refractivity contribution < 1.29 is 13.7 Å². The molecule has 6 rings (SSSR count). The van der Waals surface area contributed by atoms with E-state index in [0.29, 0.717) is 0 Å². The molecular formula is C27H27BO3. The van der Waals surface area contributed by atoms with Gasteiger partial charge in [0.1, 0.15) is 11.2 Å². The van der Waals surface area contributed by atoms with Gasteiger partial charge in [0.05, 0.1) is 11.2 Å². The van der Waals surface area contributed by atoms with Crippen LogP contribution >= 0.6 is 0 Å². The van der Waals surface area contributed by atoms with Crippen LogP contribution in [-0.2, 0) is 14.7 Å². The van der Waals surface area contributed by atoms with Crippen LogP contribution in [0.15, 0.2) is 59.0 Å². The molecule has 3 aromatic carbocycles. The fraction of sp³-hybridized carbons (Fsp3) is 0.333. The highest BCUT2D eigenvalue weighted by Crippen LogP contribution is 2.52. The Bertz CT molecular complexity index is 1360. The molecule has 0 amide bonds. The van der Waals surface area contributed by atoms with E-state index < -0.39 is 18.3 Å². The van der Waals surface area contributed by atoms with Crippen LogP contribution in [0, 0.1) is 0 Å². The van der Waals surface area contributed by atoms with Crippen molar-refractivity contribution in [1.29, 1.82) is 0 Å². The van der Waals surface area contributed by atoms with Crippen molar-refractivity contribution >= 4 is 34.5 Å². The number of furan rings is 1. The maximum Gasteiger partial charge on any atom is 0.498 e. The van der Waals surface area contributed by atoms with Crippen LogP contribution in [0.2, 0.25) is 0 Å². The number of fused-ring (bicyclic) bond motifs is 7. The molecule has 0 unspecified atom stereocenters. The van der Waals surface area contributed by atoms with Gasteiger partial charge in [0.25, 0.3) is 0 Å². The average molecular weight is 410 g/mol. The van der Waals surface area contributed by atoms with E-state index in [0.717, 1.165) is 27.4 Å². The Hall–Kier alpha value is -2.56. The lowest BCUT2D eigenvalue weighted by Gasteiger charge is -2.32. The first-order valence-electron chi connectivity index (χ1n) is 11.1. The number of benzene rings is 3. The zero-order valence-electron chi connectivity index (χ0n) is 19.0. The van der Waals surface area contributed by atoms with Gasteiger partial charge in [0.15, 0.2) is 0 Å². The van der Waals surface area contributed by atoms with Gasteiger partial charge in [-0.1, -0.05) is 62.4 Å². The van der Waals surface area contributed by atoms with Crippen molar-refractivity contribution in [3.05, 3.63) is 65.7 Å². The molecule has 0 radical (unpaired) electrons. The lowest BCUT2D eigenvalue weighted by Crippen LogP contribution is -2.41. The standard InChI is InChI=1S/C27H27BO3/c1-25(2)20-12-8-7-10-16(20)17-14-15-19-18-11-9-13-21(23(18)29-24(19)22(17)25)28-30-26(3,4)27(5,6)31-28/h7-15H,1-6H3. The van der Waals surface area contributed by atoms with E-state index in [1.165, 1.54) is 22.3 Å². The van der Waals surface area contributed by atoms with Crippen molar-refractivity contribution in [3.63, 3.8) is 0 Å². The molecule has 156 valence electrons. The lowest BCUT2D eigenvalue weighted by molar-refractivity contribution is 0.00578. The third kappa shape index (κ3) is 2.38. The fourth-order valence-corrected chi connectivity index (χ4v) is 5.28. The molecule has 0 spiro atoms. The van der Waals surface area contributed by atoms with Crippen LogP contribution in [-0.4, -0.2) is 18.3 Å². The minimum atomic E-state index is -0.451. The molecule has 0 bridgehead atoms. The quantitative estimate of drug-likeness (QED) is 0.351. The van der Waals surface area contributed by atoms with Crippen LogP contribution < -0.4 is 5.46 Å². The monoisotopic (exact) mass is 410 g/mol. The van der Waals surface area contributed by atoms with Crippen LogP contribution in [0.25, 0.3) is 33.1 Å². The Morgan fingerprint density at radius 3 is 2.06 bits per heavy atom. The predicted molar refractivity (Wildman–Crippen MR) is 127 cm³/mol. The molecule has 2 heterocycles. The third-order valence-corrected chi connectivity index (χ3v) is 7.72. The van der Waals surface area contributed by atoms with Gasteiger partial charge in [-0.15, -0.1) is 0 Å². The van der Waals surface area contributed by atoms with Crippen LogP contribution in [0.4, 0.5) is 0 Å². The highest BCUT2D eigenvalue weighted by Gasteiger charge is 2.52. The fourth-order valence-electron chi connectivity index (χ4n) is 5.28. The van der Waals surface area contributed by atoms with Crippen molar-refractivity contribution in [2.45, 2.75) is 58.2 Å². The van der Waals surface area contributed by atoms with Crippen molar-refractivity contribution in [1.82, 2.24) is 0 Å². The van der Waals surface area contributed by atoms with E-state index in [9.17, 15) is 0 Å². The Kier molecular flexibility index (Phi) is 3.59. The Morgan fingerprint density at radius 2 is 1.32 bits per heavy atom. The zero-order chi connectivity index (χ0) is 21.8. The lowest BCUT2D eigenvalue weighted by atomic mass is 9.78. The van der Waals surface area contributed by atoms with Gasteiger partial charge in [-0.3, -0.25) is 0 Å². The third-order valence-electron chi connectivity index (χ3n) is 7.72. The summed E-state index contributed by atoms with van der Waals surface area (Å²) >= 11 is 0. The van der Waals surface area contributed by atoms with E-state index in [1.54, 1.807) is 0 Å². The molecule has 1 aliphatic carbocycles. The maximum atomic E-state index is 6.68. The topological polar surface area (TPSA) is 31.6 Å². The summed E-state index contributed by atoms with van der Waals surface area (Å²) in [5.41, 5.74) is 7.06. The molecule has 1 saturated heterocycles. The summed E-state index contributed by atoms with van der Waals surface area (Å²) in [4.78, 5) is 0. The normalized spacial score (nSPS) is 20.4. The summed E-state index contributed by atoms with van der Waals surface area (Å²) < 4.78 is 19.4. The summed E-state index contributed by atoms with van der Waals surface area (Å²) in [5, 5.41) is 2.25. The second kappa shape index (κ2) is 5.82. The molecule has 1 aromatic heterocycles. The minimum absolute atomic E-state index is 0.121. The molecule has 0 N–H and O–H groups in total. The van der Waals surface area contributed by atoms with E-state index in [-0.39, 0.29) is 5.41 Å². The van der Waals surface area contributed by atoms with E-state index in [1.807, 2.05) is 0 Å². The van der Waals surface area contributed by atoms with Gasteiger partial charge in [-0.25, -0.2) is 0 Å². The SMILES string of the molecule is CC1(C)c2ccccc2-c2ccc3c(oc4c(B5OC(C)(C)C(C)(C)O5)cccc43)c21. The van der Waals surface area contributed by atoms with Crippen molar-refractivity contribution in [2.24, 2.45) is 0 Å². The highest BCUT2D eigenvalue weighted by atomic mass is 16.7. The van der Waals surface area contributed by atoms with Gasteiger partial charge < -0.3 is 13.7 Å². The Labute approximate surface area is 183 Å². The molecule has 1 fully saturated rings. The van der Waals surface area contributed by atoms with E-state index in [2.05, 4.69) is 96.1 Å². The minimum Gasteiger partial charge on any atom is -0.456 e. The van der Waals surface area contributed by atoms with Crippen molar-refractivity contribution in [2.75, 3.05) is 0 Å². The van der Waals surface area contributed by atoms with E-state index in [4.69, 9.17) is 13.7 Å². The van der Waals surface area contributed by atoms with Gasteiger partial charge in [-0.05, 0) is 50.5 Å². The number of hydrogen-bond acceptors (Lipinski definition) is 3. The first kappa shape index (κ1) is 19.2. The van der Waals surface area contributed by atoms with Gasteiger partial charge in [0, 0.05) is 27.2 Å². The van der Waals surface area contributed by atoms with Gasteiger partial charge in [0.2, 0.25) is 0 Å². The molecule has 1 aliphatic heterocycles. The number of hydrogen-bond donors (Lipinski definition) is 0. The maximum absolute atomic E-state index is 6.68. The second-order valence-corrected chi connectivity index (χ2v) is 10.4. The average Bonchev–Trinajstić information content (AvgIpc) is 3.28.